The largest absolute Gasteiger partial charge is 0.436 e. The summed E-state index contributed by atoms with van der Waals surface area (Å²) < 4.78 is 5.81. The second kappa shape index (κ2) is 9.41. The highest BCUT2D eigenvalue weighted by Crippen LogP contribution is 2.37. The van der Waals surface area contributed by atoms with Gasteiger partial charge in [0.1, 0.15) is 12.1 Å². The van der Waals surface area contributed by atoms with Gasteiger partial charge in [0.05, 0.1) is 5.69 Å². The lowest BCUT2D eigenvalue weighted by atomic mass is 10.2. The molecule has 0 unspecified atom stereocenters. The summed E-state index contributed by atoms with van der Waals surface area (Å²) in [5.74, 6) is 2.44. The molecule has 0 spiro atoms. The molecule has 0 saturated carbocycles. The standard InChI is InChI=1S/C20H23N3O3S/c1-2-12-27-13-6-11-21-18(24)14-23-16-8-3-4-9-17(16)26-19-15(20(23)25)7-5-10-22-19/h3-5,7-10H,2,6,11-14H2,1H3,(H,21,24). The maximum absolute atomic E-state index is 13.0. The third kappa shape index (κ3) is 4.80. The molecule has 0 saturated heterocycles. The van der Waals surface area contributed by atoms with E-state index in [-0.39, 0.29) is 24.2 Å². The van der Waals surface area contributed by atoms with Gasteiger partial charge in [-0.1, -0.05) is 19.1 Å². The number of fused-ring (bicyclic) bond motifs is 2. The Balaban J connectivity index is 1.70. The van der Waals surface area contributed by atoms with Crippen molar-refractivity contribution in [2.45, 2.75) is 19.8 Å². The summed E-state index contributed by atoms with van der Waals surface area (Å²) in [6.07, 6.45) is 3.65. The number of rotatable bonds is 8. The Morgan fingerprint density at radius 1 is 1.22 bits per heavy atom. The molecule has 7 heteroatoms. The molecule has 0 aliphatic carbocycles. The average molecular weight is 385 g/mol. The summed E-state index contributed by atoms with van der Waals surface area (Å²) in [5, 5.41) is 2.90. The van der Waals surface area contributed by atoms with Crippen molar-refractivity contribution in [2.75, 3.05) is 29.5 Å². The van der Waals surface area contributed by atoms with Gasteiger partial charge < -0.3 is 10.1 Å². The lowest BCUT2D eigenvalue weighted by Gasteiger charge is -2.21. The Morgan fingerprint density at radius 2 is 2.07 bits per heavy atom. The van der Waals surface area contributed by atoms with Crippen molar-refractivity contribution in [1.29, 1.82) is 0 Å². The Morgan fingerprint density at radius 3 is 2.93 bits per heavy atom. The van der Waals surface area contributed by atoms with Crippen LogP contribution in [0.2, 0.25) is 0 Å². The fourth-order valence-corrected chi connectivity index (χ4v) is 3.61. The molecule has 1 aromatic heterocycles. The Bertz CT molecular complexity index is 813. The average Bonchev–Trinajstić information content (AvgIpc) is 2.80. The van der Waals surface area contributed by atoms with Crippen LogP contribution in [0.5, 0.6) is 11.6 Å². The minimum absolute atomic E-state index is 0.0599. The first-order valence-corrected chi connectivity index (χ1v) is 10.2. The smallest absolute Gasteiger partial charge is 0.264 e. The fourth-order valence-electron chi connectivity index (χ4n) is 2.77. The minimum atomic E-state index is -0.295. The van der Waals surface area contributed by atoms with Gasteiger partial charge in [-0.15, -0.1) is 0 Å². The molecule has 1 N–H and O–H groups in total. The predicted octanol–water partition coefficient (Wildman–Crippen LogP) is 3.48. The van der Waals surface area contributed by atoms with Crippen molar-refractivity contribution in [1.82, 2.24) is 10.3 Å². The number of aromatic nitrogens is 1. The first-order chi connectivity index (χ1) is 13.2. The van der Waals surface area contributed by atoms with Crippen LogP contribution in [0.1, 0.15) is 30.1 Å². The number of nitrogens with zero attached hydrogens (tertiary/aromatic N) is 2. The third-order valence-electron chi connectivity index (χ3n) is 4.05. The molecule has 2 heterocycles. The molecular formula is C20H23N3O3S. The highest BCUT2D eigenvalue weighted by molar-refractivity contribution is 7.99. The van der Waals surface area contributed by atoms with Crippen molar-refractivity contribution in [3.05, 3.63) is 48.2 Å². The zero-order valence-electron chi connectivity index (χ0n) is 15.3. The molecular weight excluding hydrogens is 362 g/mol. The topological polar surface area (TPSA) is 71.5 Å². The van der Waals surface area contributed by atoms with Crippen LogP contribution >= 0.6 is 11.8 Å². The monoisotopic (exact) mass is 385 g/mol. The molecule has 0 bridgehead atoms. The van der Waals surface area contributed by atoms with E-state index in [1.807, 2.05) is 23.9 Å². The molecule has 1 aliphatic heterocycles. The third-order valence-corrected chi connectivity index (χ3v) is 5.32. The lowest BCUT2D eigenvalue weighted by molar-refractivity contribution is -0.119. The Labute approximate surface area is 163 Å². The Hall–Kier alpha value is -2.54. The van der Waals surface area contributed by atoms with Crippen LogP contribution in [0, 0.1) is 0 Å². The number of para-hydroxylation sites is 2. The van der Waals surface area contributed by atoms with Gasteiger partial charge in [0.25, 0.3) is 5.91 Å². The van der Waals surface area contributed by atoms with Crippen LogP contribution in [-0.4, -0.2) is 41.4 Å². The van der Waals surface area contributed by atoms with Crippen LogP contribution < -0.4 is 15.0 Å². The van der Waals surface area contributed by atoms with Gasteiger partial charge in [0, 0.05) is 12.7 Å². The molecule has 0 fully saturated rings. The van der Waals surface area contributed by atoms with Gasteiger partial charge in [-0.2, -0.15) is 11.8 Å². The number of hydrogen-bond donors (Lipinski definition) is 1. The molecule has 0 atom stereocenters. The van der Waals surface area contributed by atoms with E-state index >= 15 is 0 Å². The van der Waals surface area contributed by atoms with Gasteiger partial charge in [0.2, 0.25) is 11.8 Å². The Kier molecular flexibility index (Phi) is 6.70. The quantitative estimate of drug-likeness (QED) is 0.705. The molecule has 27 heavy (non-hydrogen) atoms. The number of carbonyl (C=O) groups is 2. The van der Waals surface area contributed by atoms with Crippen molar-refractivity contribution < 1.29 is 14.3 Å². The van der Waals surface area contributed by atoms with E-state index in [4.69, 9.17) is 4.74 Å². The van der Waals surface area contributed by atoms with Crippen molar-refractivity contribution in [3.8, 4) is 11.6 Å². The lowest BCUT2D eigenvalue weighted by Crippen LogP contribution is -2.41. The van der Waals surface area contributed by atoms with E-state index < -0.39 is 0 Å². The maximum atomic E-state index is 13.0. The molecule has 2 amide bonds. The molecule has 3 rings (SSSR count). The van der Waals surface area contributed by atoms with E-state index in [1.165, 1.54) is 4.90 Å². The van der Waals surface area contributed by atoms with Crippen LogP contribution in [0.25, 0.3) is 0 Å². The number of anilines is 1. The first kappa shape index (κ1) is 19.2. The van der Waals surface area contributed by atoms with E-state index in [1.54, 1.807) is 30.5 Å². The van der Waals surface area contributed by atoms with Crippen LogP contribution in [0.3, 0.4) is 0 Å². The summed E-state index contributed by atoms with van der Waals surface area (Å²) in [5.41, 5.74) is 0.909. The zero-order valence-corrected chi connectivity index (χ0v) is 16.1. The van der Waals surface area contributed by atoms with Gasteiger partial charge >= 0.3 is 0 Å². The van der Waals surface area contributed by atoms with Gasteiger partial charge in [-0.05, 0) is 48.6 Å². The summed E-state index contributed by atoms with van der Waals surface area (Å²) in [4.78, 5) is 31.0. The van der Waals surface area contributed by atoms with Crippen LogP contribution in [0.4, 0.5) is 5.69 Å². The maximum Gasteiger partial charge on any atom is 0.264 e. The highest BCUT2D eigenvalue weighted by Gasteiger charge is 2.29. The highest BCUT2D eigenvalue weighted by atomic mass is 32.2. The second-order valence-electron chi connectivity index (χ2n) is 6.13. The molecule has 142 valence electrons. The molecule has 0 radical (unpaired) electrons. The number of thioether (sulfide) groups is 1. The van der Waals surface area contributed by atoms with Crippen molar-refractivity contribution in [3.63, 3.8) is 0 Å². The number of carbonyl (C=O) groups excluding carboxylic acids is 2. The predicted molar refractivity (Wildman–Crippen MR) is 108 cm³/mol. The summed E-state index contributed by atoms with van der Waals surface area (Å²) >= 11 is 1.89. The molecule has 6 nitrogen and oxygen atoms in total. The van der Waals surface area contributed by atoms with Gasteiger partial charge in [-0.25, -0.2) is 4.98 Å². The van der Waals surface area contributed by atoms with Crippen LogP contribution in [-0.2, 0) is 4.79 Å². The molecule has 1 aromatic carbocycles. The number of hydrogen-bond acceptors (Lipinski definition) is 5. The summed E-state index contributed by atoms with van der Waals surface area (Å²) in [6.45, 7) is 2.70. The number of pyridine rings is 1. The number of ether oxygens (including phenoxy) is 1. The number of benzene rings is 1. The first-order valence-electron chi connectivity index (χ1n) is 9.09. The second-order valence-corrected chi connectivity index (χ2v) is 7.36. The van der Waals surface area contributed by atoms with E-state index in [0.29, 0.717) is 23.5 Å². The SMILES string of the molecule is CCCSCCCNC(=O)CN1C(=O)c2cccnc2Oc2ccccc21. The van der Waals surface area contributed by atoms with Gasteiger partial charge in [0.15, 0.2) is 5.75 Å². The number of nitrogens with one attached hydrogen (secondary N) is 1. The van der Waals surface area contributed by atoms with E-state index in [2.05, 4.69) is 17.2 Å². The van der Waals surface area contributed by atoms with E-state index in [9.17, 15) is 9.59 Å². The van der Waals surface area contributed by atoms with Crippen molar-refractivity contribution >= 4 is 29.3 Å². The van der Waals surface area contributed by atoms with Crippen LogP contribution in [0.15, 0.2) is 42.6 Å². The van der Waals surface area contributed by atoms with E-state index in [0.717, 1.165) is 24.3 Å². The van der Waals surface area contributed by atoms with Gasteiger partial charge in [-0.3, -0.25) is 14.5 Å². The van der Waals surface area contributed by atoms with Crippen molar-refractivity contribution in [2.24, 2.45) is 0 Å². The normalized spacial score (nSPS) is 12.6. The molecule has 1 aliphatic rings. The molecule has 2 aromatic rings. The fraction of sp³-hybridized carbons (Fsp3) is 0.350. The zero-order chi connectivity index (χ0) is 19.1. The minimum Gasteiger partial charge on any atom is -0.436 e. The summed E-state index contributed by atoms with van der Waals surface area (Å²) in [7, 11) is 0. The number of amides is 2. The summed E-state index contributed by atoms with van der Waals surface area (Å²) in [6, 6.07) is 10.5.